The molecule has 0 bridgehead atoms. The van der Waals surface area contributed by atoms with E-state index in [9.17, 15) is 13.2 Å². The molecule has 1 unspecified atom stereocenters. The first-order chi connectivity index (χ1) is 13.3. The molecule has 1 aliphatic heterocycles. The lowest BCUT2D eigenvalue weighted by Crippen LogP contribution is -2.53. The van der Waals surface area contributed by atoms with Gasteiger partial charge in [-0.3, -0.25) is 4.79 Å². The average molecular weight is 403 g/mol. The first kappa shape index (κ1) is 20.4. The zero-order chi connectivity index (χ0) is 20.3. The van der Waals surface area contributed by atoms with Gasteiger partial charge in [-0.1, -0.05) is 30.3 Å². The summed E-state index contributed by atoms with van der Waals surface area (Å²) in [6.07, 6.45) is -0.621. The Morgan fingerprint density at radius 2 is 1.64 bits per heavy atom. The summed E-state index contributed by atoms with van der Waals surface area (Å²) < 4.78 is 33.2. The second-order valence-electron chi connectivity index (χ2n) is 7.07. The average Bonchev–Trinajstić information content (AvgIpc) is 2.70. The standard InChI is InChI=1S/C21H26N2O4S/c1-16-9-10-17(2)20(15-16)28(25,26)23-13-11-22(12-14-23)21(24)18(3)27-19-7-5-4-6-8-19/h4-10,15,18H,11-14H2,1-3H3. The highest BCUT2D eigenvalue weighted by molar-refractivity contribution is 7.89. The fourth-order valence-corrected chi connectivity index (χ4v) is 5.02. The Hall–Kier alpha value is -2.38. The number of benzene rings is 2. The number of rotatable bonds is 5. The number of sulfonamides is 1. The van der Waals surface area contributed by atoms with Crippen LogP contribution in [0.4, 0.5) is 0 Å². The van der Waals surface area contributed by atoms with E-state index in [-0.39, 0.29) is 19.0 Å². The molecule has 2 aromatic rings. The van der Waals surface area contributed by atoms with Crippen LogP contribution < -0.4 is 4.74 Å². The van der Waals surface area contributed by atoms with E-state index >= 15 is 0 Å². The molecule has 150 valence electrons. The molecular formula is C21H26N2O4S. The molecule has 6 nitrogen and oxygen atoms in total. The van der Waals surface area contributed by atoms with Crippen LogP contribution in [0.2, 0.25) is 0 Å². The van der Waals surface area contributed by atoms with Crippen molar-refractivity contribution in [3.05, 3.63) is 59.7 Å². The number of amides is 1. The summed E-state index contributed by atoms with van der Waals surface area (Å²) in [4.78, 5) is 14.7. The van der Waals surface area contributed by atoms with Gasteiger partial charge in [-0.25, -0.2) is 8.42 Å². The summed E-state index contributed by atoms with van der Waals surface area (Å²) in [6, 6.07) is 14.6. The number of hydrogen-bond donors (Lipinski definition) is 0. The first-order valence-electron chi connectivity index (χ1n) is 9.37. The maximum Gasteiger partial charge on any atom is 0.263 e. The second kappa shape index (κ2) is 8.32. The lowest BCUT2D eigenvalue weighted by atomic mass is 10.2. The molecule has 0 aromatic heterocycles. The van der Waals surface area contributed by atoms with Crippen molar-refractivity contribution in [1.29, 1.82) is 0 Å². The van der Waals surface area contributed by atoms with E-state index in [4.69, 9.17) is 4.74 Å². The molecule has 3 rings (SSSR count). The molecule has 7 heteroatoms. The van der Waals surface area contributed by atoms with E-state index < -0.39 is 16.1 Å². The number of carbonyl (C=O) groups is 1. The van der Waals surface area contributed by atoms with Crippen molar-refractivity contribution in [3.8, 4) is 5.75 Å². The van der Waals surface area contributed by atoms with Crippen LogP contribution >= 0.6 is 0 Å². The van der Waals surface area contributed by atoms with Gasteiger partial charge in [0.05, 0.1) is 4.90 Å². The van der Waals surface area contributed by atoms with Crippen molar-refractivity contribution in [1.82, 2.24) is 9.21 Å². The van der Waals surface area contributed by atoms with Crippen LogP contribution in [0.5, 0.6) is 5.75 Å². The molecule has 0 N–H and O–H groups in total. The smallest absolute Gasteiger partial charge is 0.263 e. The van der Waals surface area contributed by atoms with Gasteiger partial charge in [-0.2, -0.15) is 4.31 Å². The summed E-state index contributed by atoms with van der Waals surface area (Å²) in [5, 5.41) is 0. The second-order valence-corrected chi connectivity index (χ2v) is 8.98. The highest BCUT2D eigenvalue weighted by Crippen LogP contribution is 2.23. The third kappa shape index (κ3) is 4.36. The topological polar surface area (TPSA) is 66.9 Å². The summed E-state index contributed by atoms with van der Waals surface area (Å²) in [5.74, 6) is 0.507. The molecule has 0 aliphatic carbocycles. The van der Waals surface area contributed by atoms with Gasteiger partial charge in [-0.05, 0) is 50.1 Å². The van der Waals surface area contributed by atoms with E-state index in [1.54, 1.807) is 36.9 Å². The van der Waals surface area contributed by atoms with Gasteiger partial charge in [0.25, 0.3) is 5.91 Å². The summed E-state index contributed by atoms with van der Waals surface area (Å²) in [7, 11) is -3.57. The Bertz CT molecular complexity index is 936. The van der Waals surface area contributed by atoms with E-state index in [0.29, 0.717) is 23.7 Å². The molecule has 2 aromatic carbocycles. The molecule has 28 heavy (non-hydrogen) atoms. The van der Waals surface area contributed by atoms with Crippen LogP contribution in [0, 0.1) is 13.8 Å². The molecule has 0 saturated carbocycles. The molecule has 1 fully saturated rings. The summed E-state index contributed by atoms with van der Waals surface area (Å²) in [6.45, 7) is 6.66. The monoisotopic (exact) mass is 402 g/mol. The quantitative estimate of drug-likeness (QED) is 0.771. The molecule has 1 amide bonds. The molecule has 0 radical (unpaired) electrons. The number of aryl methyl sites for hydroxylation is 2. The Morgan fingerprint density at radius 3 is 2.29 bits per heavy atom. The van der Waals surface area contributed by atoms with E-state index in [1.165, 1.54) is 4.31 Å². The molecule has 1 aliphatic rings. The van der Waals surface area contributed by atoms with E-state index in [0.717, 1.165) is 11.1 Å². The maximum absolute atomic E-state index is 13.0. The first-order valence-corrected chi connectivity index (χ1v) is 10.8. The van der Waals surface area contributed by atoms with Crippen molar-refractivity contribution in [3.63, 3.8) is 0 Å². The molecule has 1 heterocycles. The highest BCUT2D eigenvalue weighted by atomic mass is 32.2. The van der Waals surface area contributed by atoms with Gasteiger partial charge in [0.1, 0.15) is 5.75 Å². The minimum atomic E-state index is -3.57. The van der Waals surface area contributed by atoms with Crippen molar-refractivity contribution < 1.29 is 17.9 Å². The van der Waals surface area contributed by atoms with E-state index in [2.05, 4.69) is 0 Å². The summed E-state index contributed by atoms with van der Waals surface area (Å²) in [5.41, 5.74) is 1.64. The lowest BCUT2D eigenvalue weighted by molar-refractivity contribution is -0.139. The fourth-order valence-electron chi connectivity index (χ4n) is 3.28. The number of nitrogens with zero attached hydrogens (tertiary/aromatic N) is 2. The fraction of sp³-hybridized carbons (Fsp3) is 0.381. The largest absolute Gasteiger partial charge is 0.481 e. The minimum absolute atomic E-state index is 0.132. The van der Waals surface area contributed by atoms with Crippen molar-refractivity contribution in [2.24, 2.45) is 0 Å². The number of hydrogen-bond acceptors (Lipinski definition) is 4. The SMILES string of the molecule is Cc1ccc(C)c(S(=O)(=O)N2CCN(C(=O)C(C)Oc3ccccc3)CC2)c1. The third-order valence-corrected chi connectivity index (χ3v) is 6.96. The number of piperazine rings is 1. The minimum Gasteiger partial charge on any atom is -0.481 e. The van der Waals surface area contributed by atoms with Crippen molar-refractivity contribution in [2.45, 2.75) is 31.8 Å². The number of ether oxygens (including phenoxy) is 1. The molecular weight excluding hydrogens is 376 g/mol. The Balaban J connectivity index is 1.63. The van der Waals surface area contributed by atoms with Crippen molar-refractivity contribution >= 4 is 15.9 Å². The van der Waals surface area contributed by atoms with Crippen LogP contribution in [0.25, 0.3) is 0 Å². The Morgan fingerprint density at radius 1 is 1.00 bits per heavy atom. The number of carbonyl (C=O) groups excluding carboxylic acids is 1. The highest BCUT2D eigenvalue weighted by Gasteiger charge is 2.32. The molecule has 1 saturated heterocycles. The van der Waals surface area contributed by atoms with Gasteiger partial charge in [0, 0.05) is 26.2 Å². The summed E-state index contributed by atoms with van der Waals surface area (Å²) >= 11 is 0. The third-order valence-electron chi connectivity index (χ3n) is 4.92. The van der Waals surface area contributed by atoms with Crippen LogP contribution in [0.1, 0.15) is 18.1 Å². The lowest BCUT2D eigenvalue weighted by Gasteiger charge is -2.35. The van der Waals surface area contributed by atoms with Crippen LogP contribution in [0.15, 0.2) is 53.4 Å². The van der Waals surface area contributed by atoms with Gasteiger partial charge in [0.2, 0.25) is 10.0 Å². The zero-order valence-electron chi connectivity index (χ0n) is 16.5. The van der Waals surface area contributed by atoms with Gasteiger partial charge in [0.15, 0.2) is 6.10 Å². The van der Waals surface area contributed by atoms with Crippen LogP contribution in [0.3, 0.4) is 0 Å². The van der Waals surface area contributed by atoms with Crippen molar-refractivity contribution in [2.75, 3.05) is 26.2 Å². The number of para-hydroxylation sites is 1. The maximum atomic E-state index is 13.0. The van der Waals surface area contributed by atoms with Crippen LogP contribution in [-0.4, -0.2) is 55.8 Å². The van der Waals surface area contributed by atoms with E-state index in [1.807, 2.05) is 37.3 Å². The van der Waals surface area contributed by atoms with Gasteiger partial charge < -0.3 is 9.64 Å². The predicted octanol–water partition coefficient (Wildman–Crippen LogP) is 2.60. The normalized spacial score (nSPS) is 16.6. The molecule has 0 spiro atoms. The Kier molecular flexibility index (Phi) is 6.05. The van der Waals surface area contributed by atoms with Gasteiger partial charge >= 0.3 is 0 Å². The van der Waals surface area contributed by atoms with Gasteiger partial charge in [-0.15, -0.1) is 0 Å². The zero-order valence-corrected chi connectivity index (χ0v) is 17.3. The molecule has 1 atom stereocenters. The Labute approximate surface area is 166 Å². The predicted molar refractivity (Wildman–Crippen MR) is 108 cm³/mol. The van der Waals surface area contributed by atoms with Crippen LogP contribution in [-0.2, 0) is 14.8 Å².